The Morgan fingerprint density at radius 1 is 0.950 bits per heavy atom. The van der Waals surface area contributed by atoms with Crippen molar-refractivity contribution in [3.05, 3.63) is 70.3 Å². The molecule has 1 unspecified atom stereocenters. The predicted octanol–water partition coefficient (Wildman–Crippen LogP) is 4.07. The fourth-order valence-electron chi connectivity index (χ4n) is 3.01. The fourth-order valence-corrected chi connectivity index (χ4v) is 3.01. The van der Waals surface area contributed by atoms with Crippen molar-refractivity contribution in [2.45, 2.75) is 39.5 Å². The Morgan fingerprint density at radius 3 is 2.00 bits per heavy atom. The minimum absolute atomic E-state index is 0.00790. The van der Waals surface area contributed by atoms with Gasteiger partial charge in [0.2, 0.25) is 0 Å². The maximum absolute atomic E-state index is 6.12. The molecule has 0 fully saturated rings. The van der Waals surface area contributed by atoms with Gasteiger partial charge in [0.15, 0.2) is 0 Å². The maximum atomic E-state index is 6.12. The molecule has 2 aromatic carbocycles. The lowest BCUT2D eigenvalue weighted by Gasteiger charge is -2.30. The molecule has 2 aromatic rings. The Hall–Kier alpha value is -1.60. The molecule has 0 saturated carbocycles. The molecule has 2 N–H and O–H groups in total. The molecule has 0 aliphatic rings. The van der Waals surface area contributed by atoms with Gasteiger partial charge in [-0.3, -0.25) is 0 Å². The first-order chi connectivity index (χ1) is 9.46. The highest BCUT2D eigenvalue weighted by Crippen LogP contribution is 2.30. The van der Waals surface area contributed by atoms with Gasteiger partial charge >= 0.3 is 0 Å². The van der Waals surface area contributed by atoms with Crippen LogP contribution in [0.5, 0.6) is 0 Å². The van der Waals surface area contributed by atoms with Crippen LogP contribution in [0.4, 0.5) is 0 Å². The summed E-state index contributed by atoms with van der Waals surface area (Å²) in [5.74, 6) is 0. The highest BCUT2D eigenvalue weighted by Gasteiger charge is 2.26. The molecular weight excluding hydrogens is 242 g/mol. The molecule has 0 amide bonds. The monoisotopic (exact) mass is 267 g/mol. The smallest absolute Gasteiger partial charge is 0.00877 e. The number of benzene rings is 2. The second-order valence-electron chi connectivity index (χ2n) is 6.18. The molecule has 0 radical (unpaired) electrons. The Balaban J connectivity index is 2.41. The number of aryl methyl sites for hydroxylation is 3. The number of nitrogens with two attached hydrogens (primary N) is 1. The first-order valence-corrected chi connectivity index (χ1v) is 7.28. The van der Waals surface area contributed by atoms with Crippen LogP contribution in [0.25, 0.3) is 0 Å². The quantitative estimate of drug-likeness (QED) is 0.888. The summed E-state index contributed by atoms with van der Waals surface area (Å²) < 4.78 is 0. The van der Waals surface area contributed by atoms with Crippen LogP contribution in [-0.2, 0) is 11.8 Å². The molecule has 1 nitrogen and oxygen atoms in total. The van der Waals surface area contributed by atoms with Gasteiger partial charge in [0.25, 0.3) is 0 Å². The zero-order valence-corrected chi connectivity index (χ0v) is 13.0. The van der Waals surface area contributed by atoms with Gasteiger partial charge in [-0.2, -0.15) is 0 Å². The van der Waals surface area contributed by atoms with Gasteiger partial charge in [0.1, 0.15) is 0 Å². The van der Waals surface area contributed by atoms with Crippen molar-refractivity contribution < 1.29 is 0 Å². The van der Waals surface area contributed by atoms with Crippen LogP contribution in [0.3, 0.4) is 0 Å². The summed E-state index contributed by atoms with van der Waals surface area (Å²) >= 11 is 0. The highest BCUT2D eigenvalue weighted by molar-refractivity contribution is 5.40. The third-order valence-electron chi connectivity index (χ3n) is 4.33. The van der Waals surface area contributed by atoms with Gasteiger partial charge in [-0.1, -0.05) is 55.0 Å². The van der Waals surface area contributed by atoms with E-state index in [2.05, 4.69) is 70.2 Å². The topological polar surface area (TPSA) is 26.0 Å². The maximum Gasteiger partial charge on any atom is 0.00877 e. The molecule has 0 bridgehead atoms. The summed E-state index contributed by atoms with van der Waals surface area (Å²) in [6, 6.07) is 15.2. The molecule has 106 valence electrons. The third-order valence-corrected chi connectivity index (χ3v) is 4.33. The average molecular weight is 267 g/mol. The molecular formula is C19H25N. The van der Waals surface area contributed by atoms with Crippen molar-refractivity contribution >= 4 is 0 Å². The van der Waals surface area contributed by atoms with E-state index in [0.717, 1.165) is 6.42 Å². The van der Waals surface area contributed by atoms with Crippen LogP contribution in [-0.4, -0.2) is 6.54 Å². The Kier molecular flexibility index (Phi) is 4.29. The van der Waals surface area contributed by atoms with Crippen molar-refractivity contribution in [1.29, 1.82) is 0 Å². The van der Waals surface area contributed by atoms with E-state index in [0.29, 0.717) is 6.54 Å². The molecule has 20 heavy (non-hydrogen) atoms. The van der Waals surface area contributed by atoms with Crippen LogP contribution in [0.2, 0.25) is 0 Å². The van der Waals surface area contributed by atoms with Crippen molar-refractivity contribution in [3.8, 4) is 0 Å². The lowest BCUT2D eigenvalue weighted by atomic mass is 9.75. The van der Waals surface area contributed by atoms with Gasteiger partial charge in [-0.25, -0.2) is 0 Å². The first kappa shape index (κ1) is 14.8. The van der Waals surface area contributed by atoms with Gasteiger partial charge in [0.05, 0.1) is 0 Å². The normalized spacial score (nSPS) is 14.1. The van der Waals surface area contributed by atoms with E-state index >= 15 is 0 Å². The number of rotatable bonds is 4. The fraction of sp³-hybridized carbons (Fsp3) is 0.368. The molecule has 0 aliphatic carbocycles. The lowest BCUT2D eigenvalue weighted by Crippen LogP contribution is -2.34. The zero-order chi connectivity index (χ0) is 14.8. The SMILES string of the molecule is Cc1cc(C)c(CC(C)(CN)c2ccccc2)c(C)c1. The molecule has 1 heteroatoms. The predicted molar refractivity (Wildman–Crippen MR) is 87.2 cm³/mol. The van der Waals surface area contributed by atoms with Crippen molar-refractivity contribution in [1.82, 2.24) is 0 Å². The first-order valence-electron chi connectivity index (χ1n) is 7.28. The minimum atomic E-state index is -0.00790. The summed E-state index contributed by atoms with van der Waals surface area (Å²) in [7, 11) is 0. The van der Waals surface area contributed by atoms with E-state index < -0.39 is 0 Å². The Morgan fingerprint density at radius 2 is 1.50 bits per heavy atom. The van der Waals surface area contributed by atoms with Crippen molar-refractivity contribution in [2.24, 2.45) is 5.73 Å². The standard InChI is InChI=1S/C19H25N/c1-14-10-15(2)18(16(3)11-14)12-19(4,13-20)17-8-6-5-7-9-17/h5-11H,12-13,20H2,1-4H3. The van der Waals surface area contributed by atoms with Gasteiger partial charge in [0, 0.05) is 12.0 Å². The summed E-state index contributed by atoms with van der Waals surface area (Å²) in [4.78, 5) is 0. The molecule has 0 heterocycles. The Bertz CT molecular complexity index is 563. The average Bonchev–Trinajstić information content (AvgIpc) is 2.43. The summed E-state index contributed by atoms with van der Waals surface area (Å²) in [6.45, 7) is 9.49. The van der Waals surface area contributed by atoms with E-state index in [9.17, 15) is 0 Å². The lowest BCUT2D eigenvalue weighted by molar-refractivity contribution is 0.479. The van der Waals surface area contributed by atoms with Crippen LogP contribution in [0.15, 0.2) is 42.5 Å². The van der Waals surface area contributed by atoms with Crippen LogP contribution < -0.4 is 5.73 Å². The van der Waals surface area contributed by atoms with Crippen LogP contribution in [0, 0.1) is 20.8 Å². The highest BCUT2D eigenvalue weighted by atomic mass is 14.6. The summed E-state index contributed by atoms with van der Waals surface area (Å²) in [6.07, 6.45) is 0.992. The minimum Gasteiger partial charge on any atom is -0.330 e. The third kappa shape index (κ3) is 2.94. The number of hydrogen-bond donors (Lipinski definition) is 1. The molecule has 0 saturated heterocycles. The summed E-state index contributed by atoms with van der Waals surface area (Å²) in [5.41, 5.74) is 12.9. The van der Waals surface area contributed by atoms with Crippen molar-refractivity contribution in [2.75, 3.05) is 6.54 Å². The molecule has 0 aliphatic heterocycles. The Labute approximate surface area is 122 Å². The number of hydrogen-bond acceptors (Lipinski definition) is 1. The van der Waals surface area contributed by atoms with Gasteiger partial charge in [-0.05, 0) is 49.4 Å². The van der Waals surface area contributed by atoms with Gasteiger partial charge in [-0.15, -0.1) is 0 Å². The molecule has 0 spiro atoms. The molecule has 0 aromatic heterocycles. The van der Waals surface area contributed by atoms with E-state index in [1.54, 1.807) is 0 Å². The van der Waals surface area contributed by atoms with Crippen LogP contribution in [0.1, 0.15) is 34.7 Å². The van der Waals surface area contributed by atoms with Crippen molar-refractivity contribution in [3.63, 3.8) is 0 Å². The summed E-state index contributed by atoms with van der Waals surface area (Å²) in [5, 5.41) is 0. The molecule has 2 rings (SSSR count). The van der Waals surface area contributed by atoms with E-state index in [4.69, 9.17) is 5.73 Å². The van der Waals surface area contributed by atoms with E-state index in [1.807, 2.05) is 0 Å². The second kappa shape index (κ2) is 5.80. The molecule has 1 atom stereocenters. The van der Waals surface area contributed by atoms with Gasteiger partial charge < -0.3 is 5.73 Å². The van der Waals surface area contributed by atoms with E-state index in [-0.39, 0.29) is 5.41 Å². The second-order valence-corrected chi connectivity index (χ2v) is 6.18. The zero-order valence-electron chi connectivity index (χ0n) is 13.0. The van der Waals surface area contributed by atoms with Crippen LogP contribution >= 0.6 is 0 Å². The largest absolute Gasteiger partial charge is 0.330 e. The van der Waals surface area contributed by atoms with E-state index in [1.165, 1.54) is 27.8 Å².